The first-order valence-electron chi connectivity index (χ1n) is 3.53. The maximum atomic E-state index is 10.7. The quantitative estimate of drug-likeness (QED) is 0.301. The summed E-state index contributed by atoms with van der Waals surface area (Å²) in [4.78, 5) is 10.7. The van der Waals surface area contributed by atoms with E-state index < -0.39 is 36.9 Å². The van der Waals surface area contributed by atoms with Crippen LogP contribution in [0.4, 0.5) is 0 Å². The third-order valence-electron chi connectivity index (χ3n) is 1.87. The van der Waals surface area contributed by atoms with E-state index in [1.165, 1.54) is 0 Å². The largest absolute Gasteiger partial charge is 0.394 e. The van der Waals surface area contributed by atoms with Gasteiger partial charge in [-0.05, 0) is 0 Å². The molecule has 0 saturated carbocycles. The molecule has 6 nitrogen and oxygen atoms in total. The molecule has 1 saturated heterocycles. The van der Waals surface area contributed by atoms with E-state index in [9.17, 15) is 4.79 Å². The second kappa shape index (κ2) is 3.36. The van der Waals surface area contributed by atoms with Crippen molar-refractivity contribution >= 4 is 5.91 Å². The van der Waals surface area contributed by atoms with Crippen molar-refractivity contribution in [3.05, 3.63) is 0 Å². The number of carbonyl (C=O) groups excluding carboxylic acids is 1. The minimum atomic E-state index is -1.52. The molecule has 0 aromatic carbocycles. The van der Waals surface area contributed by atoms with Gasteiger partial charge in [0.1, 0.15) is 6.10 Å². The molecule has 12 heavy (non-hydrogen) atoms. The Morgan fingerprint density at radius 2 is 2.08 bits per heavy atom. The highest BCUT2D eigenvalue weighted by Crippen LogP contribution is 2.12. The van der Waals surface area contributed by atoms with Crippen molar-refractivity contribution in [2.45, 2.75) is 24.4 Å². The lowest BCUT2D eigenvalue weighted by atomic mass is 10.1. The lowest BCUT2D eigenvalue weighted by Gasteiger charge is -2.18. The zero-order chi connectivity index (χ0) is 9.30. The van der Waals surface area contributed by atoms with E-state index in [0.29, 0.717) is 0 Å². The normalized spacial score (nSPS) is 38.0. The van der Waals surface area contributed by atoms with E-state index in [1.54, 1.807) is 0 Å². The molecule has 1 aliphatic heterocycles. The van der Waals surface area contributed by atoms with Crippen LogP contribution in [0.25, 0.3) is 0 Å². The highest BCUT2D eigenvalue weighted by atomic mass is 16.4. The minimum Gasteiger partial charge on any atom is -0.394 e. The summed E-state index contributed by atoms with van der Waals surface area (Å²) in [5.41, 5.74) is 0. The summed E-state index contributed by atoms with van der Waals surface area (Å²) in [7, 11) is 0. The van der Waals surface area contributed by atoms with Crippen molar-refractivity contribution in [2.24, 2.45) is 0 Å². The van der Waals surface area contributed by atoms with Crippen molar-refractivity contribution in [1.29, 1.82) is 0 Å². The Balaban J connectivity index is 2.64. The summed E-state index contributed by atoms with van der Waals surface area (Å²) in [6, 6.07) is -0.988. The van der Waals surface area contributed by atoms with Crippen LogP contribution >= 0.6 is 0 Å². The lowest BCUT2D eigenvalue weighted by Crippen LogP contribution is -2.45. The van der Waals surface area contributed by atoms with E-state index >= 15 is 0 Å². The molecule has 4 atom stereocenters. The van der Waals surface area contributed by atoms with Gasteiger partial charge in [0.2, 0.25) is 0 Å². The molecule has 0 aromatic rings. The van der Waals surface area contributed by atoms with Crippen molar-refractivity contribution in [3.63, 3.8) is 0 Å². The van der Waals surface area contributed by atoms with Gasteiger partial charge in [-0.15, -0.1) is 0 Å². The zero-order valence-corrected chi connectivity index (χ0v) is 6.21. The smallest absolute Gasteiger partial charge is 0.252 e. The number of hydrogen-bond acceptors (Lipinski definition) is 5. The molecular formula is C6H11NO5. The zero-order valence-electron chi connectivity index (χ0n) is 6.21. The third kappa shape index (κ3) is 1.42. The fourth-order valence-corrected chi connectivity index (χ4v) is 1.12. The van der Waals surface area contributed by atoms with Crippen molar-refractivity contribution in [3.8, 4) is 0 Å². The number of amides is 1. The molecule has 0 unspecified atom stereocenters. The maximum Gasteiger partial charge on any atom is 0.252 e. The van der Waals surface area contributed by atoms with Gasteiger partial charge in [-0.25, -0.2) is 0 Å². The maximum absolute atomic E-state index is 10.7. The molecule has 1 aliphatic rings. The second-order valence-electron chi connectivity index (χ2n) is 2.72. The van der Waals surface area contributed by atoms with Gasteiger partial charge < -0.3 is 25.7 Å². The molecule has 0 aromatic heterocycles. The number of aliphatic hydroxyl groups excluding tert-OH is 4. The van der Waals surface area contributed by atoms with Gasteiger partial charge >= 0.3 is 0 Å². The molecule has 1 rings (SSSR count). The van der Waals surface area contributed by atoms with Crippen LogP contribution in [0.2, 0.25) is 0 Å². The molecule has 5 N–H and O–H groups in total. The number of rotatable bonds is 2. The van der Waals surface area contributed by atoms with Gasteiger partial charge in [0.15, 0.2) is 6.10 Å². The number of hydrogen-bond donors (Lipinski definition) is 5. The van der Waals surface area contributed by atoms with Gasteiger partial charge in [0.05, 0.1) is 18.8 Å². The Morgan fingerprint density at radius 3 is 2.42 bits per heavy atom. The average Bonchev–Trinajstić information content (AvgIpc) is 2.32. The van der Waals surface area contributed by atoms with E-state index in [4.69, 9.17) is 20.4 Å². The summed E-state index contributed by atoms with van der Waals surface area (Å²) in [5.74, 6) is -0.736. The molecule has 1 amide bonds. The topological polar surface area (TPSA) is 110 Å². The molecule has 0 aliphatic carbocycles. The summed E-state index contributed by atoms with van der Waals surface area (Å²) >= 11 is 0. The number of nitrogens with one attached hydrogen (secondary N) is 1. The Morgan fingerprint density at radius 1 is 1.50 bits per heavy atom. The highest BCUT2D eigenvalue weighted by Gasteiger charge is 2.43. The van der Waals surface area contributed by atoms with Gasteiger partial charge in [0.25, 0.3) is 5.91 Å². The predicted molar refractivity (Wildman–Crippen MR) is 37.0 cm³/mol. The Hall–Kier alpha value is -0.690. The molecule has 1 heterocycles. The first kappa shape index (κ1) is 9.40. The molecule has 6 heteroatoms. The average molecular weight is 177 g/mol. The summed E-state index contributed by atoms with van der Waals surface area (Å²) < 4.78 is 0. The SMILES string of the molecule is O=C1N[C@@H]([C@@H](O)CO)[C@H](O)[C@@H]1O. The van der Waals surface area contributed by atoms with Crippen LogP contribution in [0.5, 0.6) is 0 Å². The standard InChI is InChI=1S/C6H11NO5/c8-1-2(9)3-4(10)5(11)6(12)7-3/h2-5,8-11H,1H2,(H,7,12)/t2-,3-,4-,5-/m0/s1. The van der Waals surface area contributed by atoms with Gasteiger partial charge in [-0.3, -0.25) is 4.79 Å². The number of carbonyl (C=O) groups is 1. The molecule has 70 valence electrons. The Bertz CT molecular complexity index is 185. The van der Waals surface area contributed by atoms with Crippen LogP contribution in [-0.2, 0) is 4.79 Å². The van der Waals surface area contributed by atoms with Gasteiger partial charge in [-0.2, -0.15) is 0 Å². The van der Waals surface area contributed by atoms with Crippen LogP contribution in [0.1, 0.15) is 0 Å². The van der Waals surface area contributed by atoms with Crippen molar-refractivity contribution < 1.29 is 25.2 Å². The fraction of sp³-hybridized carbons (Fsp3) is 0.833. The van der Waals surface area contributed by atoms with Crippen LogP contribution in [-0.4, -0.2) is 57.3 Å². The summed E-state index contributed by atoms with van der Waals surface area (Å²) in [6.07, 6.45) is -4.13. The van der Waals surface area contributed by atoms with Crippen LogP contribution in [0.15, 0.2) is 0 Å². The van der Waals surface area contributed by atoms with Gasteiger partial charge in [0, 0.05) is 0 Å². The van der Waals surface area contributed by atoms with Crippen molar-refractivity contribution in [1.82, 2.24) is 5.32 Å². The molecule has 0 radical (unpaired) electrons. The fourth-order valence-electron chi connectivity index (χ4n) is 1.12. The Kier molecular flexibility index (Phi) is 2.63. The van der Waals surface area contributed by atoms with E-state index in [1.807, 2.05) is 0 Å². The lowest BCUT2D eigenvalue weighted by molar-refractivity contribution is -0.128. The van der Waals surface area contributed by atoms with Gasteiger partial charge in [-0.1, -0.05) is 0 Å². The monoisotopic (exact) mass is 177 g/mol. The molecule has 0 spiro atoms. The van der Waals surface area contributed by atoms with Crippen LogP contribution in [0.3, 0.4) is 0 Å². The first-order valence-corrected chi connectivity index (χ1v) is 3.53. The van der Waals surface area contributed by atoms with E-state index in [2.05, 4.69) is 5.32 Å². The minimum absolute atomic E-state index is 0.575. The van der Waals surface area contributed by atoms with E-state index in [0.717, 1.165) is 0 Å². The number of aliphatic hydroxyl groups is 4. The van der Waals surface area contributed by atoms with Crippen LogP contribution < -0.4 is 5.32 Å². The molecule has 1 fully saturated rings. The molecular weight excluding hydrogens is 166 g/mol. The summed E-state index contributed by atoms with van der Waals surface area (Å²) in [5, 5.41) is 37.7. The van der Waals surface area contributed by atoms with Crippen LogP contribution in [0, 0.1) is 0 Å². The predicted octanol–water partition coefficient (Wildman–Crippen LogP) is -3.44. The van der Waals surface area contributed by atoms with Crippen molar-refractivity contribution in [2.75, 3.05) is 6.61 Å². The third-order valence-corrected chi connectivity index (χ3v) is 1.87. The Labute approximate surface area is 68.4 Å². The first-order chi connectivity index (χ1) is 5.57. The summed E-state index contributed by atoms with van der Waals surface area (Å²) in [6.45, 7) is -0.575. The highest BCUT2D eigenvalue weighted by molar-refractivity contribution is 5.84. The van der Waals surface area contributed by atoms with E-state index in [-0.39, 0.29) is 0 Å². The second-order valence-corrected chi connectivity index (χ2v) is 2.72. The molecule has 0 bridgehead atoms.